The highest BCUT2D eigenvalue weighted by atomic mass is 32.2. The van der Waals surface area contributed by atoms with E-state index in [-0.39, 0.29) is 41.5 Å². The summed E-state index contributed by atoms with van der Waals surface area (Å²) in [5.41, 5.74) is 0. The van der Waals surface area contributed by atoms with Crippen LogP contribution in [0.25, 0.3) is 0 Å². The van der Waals surface area contributed by atoms with E-state index in [9.17, 15) is 19.5 Å². The van der Waals surface area contributed by atoms with Gasteiger partial charge in [-0.3, -0.25) is 14.4 Å². The monoisotopic (exact) mass is 491 g/mol. The molecule has 0 aromatic rings. The highest BCUT2D eigenvalue weighted by Crippen LogP contribution is 2.67. The molecule has 0 aliphatic carbocycles. The lowest BCUT2D eigenvalue weighted by Gasteiger charge is -2.41. The second-order valence-corrected chi connectivity index (χ2v) is 12.2. The van der Waals surface area contributed by atoms with Gasteiger partial charge in [0.2, 0.25) is 17.7 Å². The SMILES string of the molecule is C=CCN(C)C(=O)[C@@H]1[C@@H]2CCC3(S2)C(C(=O)N(CC=C)C(C)C)N([C@@H](CO)CC(C)C)C(=O)[C@H]13. The maximum Gasteiger partial charge on any atom is 0.247 e. The van der Waals surface area contributed by atoms with E-state index in [1.807, 2.05) is 27.7 Å². The molecule has 1 spiro atoms. The van der Waals surface area contributed by atoms with Crippen LogP contribution in [0.1, 0.15) is 47.0 Å². The second-order valence-electron chi connectivity index (χ2n) is 10.6. The van der Waals surface area contributed by atoms with Crippen LogP contribution in [0.5, 0.6) is 0 Å². The fraction of sp³-hybridized carbons (Fsp3) is 0.731. The van der Waals surface area contributed by atoms with Gasteiger partial charge >= 0.3 is 0 Å². The molecule has 7 nitrogen and oxygen atoms in total. The molecule has 0 radical (unpaired) electrons. The minimum Gasteiger partial charge on any atom is -0.394 e. The first-order chi connectivity index (χ1) is 16.0. The second kappa shape index (κ2) is 10.4. The quantitative estimate of drug-likeness (QED) is 0.449. The topological polar surface area (TPSA) is 81.2 Å². The standard InChI is InChI=1S/C26H41N3O4S/c1-8-12-27(7)23(31)20-19-10-11-26(34-19)21(20)24(32)29(18(15-30)14-16(3)4)22(26)25(33)28(13-9-2)17(5)6/h8-9,16-22,30H,1-2,10-15H2,3-7H3/t18-,19+,20-,21+,22?,26?/m1/s1. The smallest absolute Gasteiger partial charge is 0.247 e. The Labute approximate surface area is 208 Å². The van der Waals surface area contributed by atoms with Crippen molar-refractivity contribution in [3.8, 4) is 0 Å². The van der Waals surface area contributed by atoms with Crippen molar-refractivity contribution >= 4 is 29.5 Å². The third-order valence-electron chi connectivity index (χ3n) is 7.62. The average molecular weight is 492 g/mol. The van der Waals surface area contributed by atoms with Crippen LogP contribution in [-0.4, -0.2) is 92.4 Å². The largest absolute Gasteiger partial charge is 0.394 e. The highest BCUT2D eigenvalue weighted by molar-refractivity contribution is 8.02. The number of likely N-dealkylation sites (tertiary alicyclic amines) is 1. The first-order valence-corrected chi connectivity index (χ1v) is 13.3. The Hall–Kier alpha value is -1.80. The summed E-state index contributed by atoms with van der Waals surface area (Å²) in [5, 5.41) is 10.4. The third kappa shape index (κ3) is 4.32. The van der Waals surface area contributed by atoms with Gasteiger partial charge in [-0.1, -0.05) is 26.0 Å². The van der Waals surface area contributed by atoms with E-state index in [2.05, 4.69) is 13.2 Å². The molecule has 1 N–H and O–H groups in total. The molecule has 0 aromatic heterocycles. The maximum absolute atomic E-state index is 14.2. The molecule has 2 bridgehead atoms. The van der Waals surface area contributed by atoms with Crippen LogP contribution in [0, 0.1) is 17.8 Å². The van der Waals surface area contributed by atoms with Crippen LogP contribution in [-0.2, 0) is 14.4 Å². The van der Waals surface area contributed by atoms with Crippen molar-refractivity contribution in [3.63, 3.8) is 0 Å². The Kier molecular flexibility index (Phi) is 8.23. The zero-order valence-electron chi connectivity index (χ0n) is 21.3. The van der Waals surface area contributed by atoms with Gasteiger partial charge in [0.05, 0.1) is 29.2 Å². The molecule has 3 amide bonds. The van der Waals surface area contributed by atoms with Gasteiger partial charge in [-0.05, 0) is 39.0 Å². The Morgan fingerprint density at radius 3 is 2.38 bits per heavy atom. The maximum atomic E-state index is 14.2. The number of amides is 3. The molecule has 3 aliphatic rings. The molecule has 3 aliphatic heterocycles. The van der Waals surface area contributed by atoms with Crippen molar-refractivity contribution in [1.29, 1.82) is 0 Å². The molecule has 2 unspecified atom stereocenters. The molecule has 0 aromatic carbocycles. The number of aliphatic hydroxyl groups excluding tert-OH is 1. The van der Waals surface area contributed by atoms with E-state index >= 15 is 0 Å². The van der Waals surface area contributed by atoms with Crippen LogP contribution in [0.2, 0.25) is 0 Å². The number of rotatable bonds is 11. The van der Waals surface area contributed by atoms with Crippen LogP contribution >= 0.6 is 11.8 Å². The van der Waals surface area contributed by atoms with Gasteiger partial charge in [-0.25, -0.2) is 0 Å². The molecule has 3 fully saturated rings. The average Bonchev–Trinajstić information content (AvgIpc) is 3.42. The van der Waals surface area contributed by atoms with Crippen LogP contribution in [0.3, 0.4) is 0 Å². The molecule has 8 heteroatoms. The molecular weight excluding hydrogens is 450 g/mol. The van der Waals surface area contributed by atoms with Crippen molar-refractivity contribution in [2.45, 2.75) is 75.1 Å². The van der Waals surface area contributed by atoms with E-state index in [0.717, 1.165) is 12.8 Å². The summed E-state index contributed by atoms with van der Waals surface area (Å²) >= 11 is 1.67. The summed E-state index contributed by atoms with van der Waals surface area (Å²) in [6.45, 7) is 16.2. The van der Waals surface area contributed by atoms with E-state index < -0.39 is 28.7 Å². The van der Waals surface area contributed by atoms with Gasteiger partial charge in [-0.2, -0.15) is 0 Å². The van der Waals surface area contributed by atoms with Gasteiger partial charge in [0.25, 0.3) is 0 Å². The number of fused-ring (bicyclic) bond motifs is 1. The van der Waals surface area contributed by atoms with Gasteiger partial charge in [-0.15, -0.1) is 24.9 Å². The molecule has 3 saturated heterocycles. The van der Waals surface area contributed by atoms with Crippen LogP contribution in [0.15, 0.2) is 25.3 Å². The summed E-state index contributed by atoms with van der Waals surface area (Å²) in [7, 11) is 1.74. The lowest BCUT2D eigenvalue weighted by Crippen LogP contribution is -2.58. The molecule has 0 saturated carbocycles. The van der Waals surface area contributed by atoms with Gasteiger partial charge in [0.1, 0.15) is 6.04 Å². The first kappa shape index (κ1) is 26.8. The summed E-state index contributed by atoms with van der Waals surface area (Å²) < 4.78 is -0.646. The Morgan fingerprint density at radius 1 is 1.21 bits per heavy atom. The molecule has 34 heavy (non-hydrogen) atoms. The summed E-state index contributed by atoms with van der Waals surface area (Å²) in [4.78, 5) is 46.9. The zero-order valence-corrected chi connectivity index (χ0v) is 22.1. The fourth-order valence-electron chi connectivity index (χ4n) is 6.26. The fourth-order valence-corrected chi connectivity index (χ4v) is 8.45. The summed E-state index contributed by atoms with van der Waals surface area (Å²) in [6.07, 6.45) is 5.52. The van der Waals surface area contributed by atoms with Gasteiger partial charge in [0, 0.05) is 31.4 Å². The summed E-state index contributed by atoms with van der Waals surface area (Å²) in [5.74, 6) is -1.07. The van der Waals surface area contributed by atoms with Crippen molar-refractivity contribution in [1.82, 2.24) is 14.7 Å². The van der Waals surface area contributed by atoms with Crippen molar-refractivity contribution in [3.05, 3.63) is 25.3 Å². The van der Waals surface area contributed by atoms with E-state index in [1.165, 1.54) is 0 Å². The Bertz CT molecular complexity index is 831. The van der Waals surface area contributed by atoms with Crippen LogP contribution in [0.4, 0.5) is 0 Å². The lowest BCUT2D eigenvalue weighted by atomic mass is 9.70. The van der Waals surface area contributed by atoms with Crippen LogP contribution < -0.4 is 0 Å². The number of carbonyl (C=O) groups is 3. The molecular formula is C26H41N3O4S. The molecule has 190 valence electrons. The van der Waals surface area contributed by atoms with E-state index in [0.29, 0.717) is 19.5 Å². The zero-order chi connectivity index (χ0) is 25.4. The number of carbonyl (C=O) groups excluding carboxylic acids is 3. The minimum absolute atomic E-state index is 0.0238. The number of hydrogen-bond acceptors (Lipinski definition) is 5. The number of hydrogen-bond donors (Lipinski definition) is 1. The Balaban J connectivity index is 2.10. The van der Waals surface area contributed by atoms with Crippen molar-refractivity contribution in [2.24, 2.45) is 17.8 Å². The third-order valence-corrected chi connectivity index (χ3v) is 9.57. The Morgan fingerprint density at radius 2 is 1.85 bits per heavy atom. The van der Waals surface area contributed by atoms with E-state index in [4.69, 9.17) is 0 Å². The van der Waals surface area contributed by atoms with Gasteiger partial charge in [0.15, 0.2) is 0 Å². The predicted molar refractivity (Wildman–Crippen MR) is 136 cm³/mol. The first-order valence-electron chi connectivity index (χ1n) is 12.4. The summed E-state index contributed by atoms with van der Waals surface area (Å²) in [6, 6.07) is -1.21. The number of aliphatic hydroxyl groups is 1. The predicted octanol–water partition coefficient (Wildman–Crippen LogP) is 2.55. The highest BCUT2D eigenvalue weighted by Gasteiger charge is 2.74. The number of thioether (sulfide) groups is 1. The number of nitrogens with zero attached hydrogens (tertiary/aromatic N) is 3. The van der Waals surface area contributed by atoms with Crippen molar-refractivity contribution in [2.75, 3.05) is 26.7 Å². The molecule has 3 rings (SSSR count). The lowest BCUT2D eigenvalue weighted by molar-refractivity contribution is -0.147. The minimum atomic E-state index is -0.694. The number of likely N-dealkylation sites (N-methyl/N-ethyl adjacent to an activating group) is 1. The van der Waals surface area contributed by atoms with Gasteiger partial charge < -0.3 is 19.8 Å². The van der Waals surface area contributed by atoms with Crippen molar-refractivity contribution < 1.29 is 19.5 Å². The molecule has 6 atom stereocenters. The molecule has 3 heterocycles. The normalized spacial score (nSPS) is 30.6. The van der Waals surface area contributed by atoms with E-state index in [1.54, 1.807) is 45.7 Å².